The van der Waals surface area contributed by atoms with Gasteiger partial charge in [-0.3, -0.25) is 4.99 Å². The van der Waals surface area contributed by atoms with Crippen molar-refractivity contribution in [3.05, 3.63) is 0 Å². The Bertz CT molecular complexity index is 232. The molecule has 1 unspecified atom stereocenters. The van der Waals surface area contributed by atoms with E-state index < -0.39 is 0 Å². The van der Waals surface area contributed by atoms with E-state index in [1.54, 1.807) is 0 Å². The first-order chi connectivity index (χ1) is 7.88. The second kappa shape index (κ2) is 6.38. The topological polar surface area (TPSA) is 36.4 Å². The molecule has 0 aromatic heterocycles. The normalized spacial score (nSPS) is 25.8. The lowest BCUT2D eigenvalue weighted by Gasteiger charge is -2.14. The monoisotopic (exact) mass is 241 g/mol. The largest absolute Gasteiger partial charge is 0.357 e. The number of aliphatic imine (C=N–C) groups is 1. The predicted molar refractivity (Wildman–Crippen MR) is 72.2 cm³/mol. The van der Waals surface area contributed by atoms with Crippen LogP contribution in [0.2, 0.25) is 0 Å². The Kier molecular flexibility index (Phi) is 4.82. The van der Waals surface area contributed by atoms with Crippen LogP contribution in [-0.4, -0.2) is 36.6 Å². The molecule has 3 nitrogen and oxygen atoms in total. The zero-order valence-corrected chi connectivity index (χ0v) is 11.0. The Balaban J connectivity index is 1.69. The van der Waals surface area contributed by atoms with E-state index in [2.05, 4.69) is 34.3 Å². The molecule has 1 atom stereocenters. The van der Waals surface area contributed by atoms with Crippen molar-refractivity contribution in [2.45, 2.75) is 37.9 Å². The first-order valence-electron chi connectivity index (χ1n) is 6.52. The summed E-state index contributed by atoms with van der Waals surface area (Å²) in [6.07, 6.45) is 5.50. The molecular weight excluding hydrogens is 218 g/mol. The molecule has 0 spiro atoms. The van der Waals surface area contributed by atoms with Crippen molar-refractivity contribution in [3.8, 4) is 0 Å². The van der Waals surface area contributed by atoms with Crippen LogP contribution >= 0.6 is 11.8 Å². The van der Waals surface area contributed by atoms with Crippen LogP contribution in [0.1, 0.15) is 32.6 Å². The molecule has 1 saturated carbocycles. The molecule has 0 radical (unpaired) electrons. The summed E-state index contributed by atoms with van der Waals surface area (Å²) in [4.78, 5) is 4.62. The Morgan fingerprint density at radius 3 is 2.81 bits per heavy atom. The first-order valence-corrected chi connectivity index (χ1v) is 7.57. The van der Waals surface area contributed by atoms with E-state index in [0.29, 0.717) is 0 Å². The van der Waals surface area contributed by atoms with Crippen molar-refractivity contribution in [3.63, 3.8) is 0 Å². The summed E-state index contributed by atoms with van der Waals surface area (Å²) in [6, 6.07) is 0. The lowest BCUT2D eigenvalue weighted by molar-refractivity contribution is 0.722. The minimum Gasteiger partial charge on any atom is -0.357 e. The van der Waals surface area contributed by atoms with Crippen LogP contribution in [-0.2, 0) is 0 Å². The molecule has 2 N–H and O–H groups in total. The van der Waals surface area contributed by atoms with Crippen LogP contribution in [0.15, 0.2) is 4.99 Å². The molecule has 0 aromatic carbocycles. The number of thioether (sulfide) groups is 1. The molecule has 1 aliphatic carbocycles. The third kappa shape index (κ3) is 4.24. The Labute approximate surface area is 103 Å². The standard InChI is InChI=1S/C12H23N3S/c1-2-13-12(14-8-10-5-6-10)15-9-11-4-3-7-16-11/h10-11H,2-9H2,1H3,(H2,13,14,15). The highest BCUT2D eigenvalue weighted by Crippen LogP contribution is 2.28. The van der Waals surface area contributed by atoms with Crippen molar-refractivity contribution in [2.24, 2.45) is 10.9 Å². The Morgan fingerprint density at radius 1 is 1.31 bits per heavy atom. The fraction of sp³-hybridized carbons (Fsp3) is 0.917. The van der Waals surface area contributed by atoms with Crippen LogP contribution in [0.5, 0.6) is 0 Å². The van der Waals surface area contributed by atoms with Crippen LogP contribution in [0.4, 0.5) is 0 Å². The number of nitrogens with zero attached hydrogens (tertiary/aromatic N) is 1. The molecule has 0 amide bonds. The molecule has 0 bridgehead atoms. The van der Waals surface area contributed by atoms with Crippen molar-refractivity contribution >= 4 is 17.7 Å². The third-order valence-electron chi connectivity index (χ3n) is 3.07. The maximum atomic E-state index is 4.62. The highest BCUT2D eigenvalue weighted by molar-refractivity contribution is 8.00. The smallest absolute Gasteiger partial charge is 0.191 e. The highest BCUT2D eigenvalue weighted by Gasteiger charge is 2.21. The van der Waals surface area contributed by atoms with Gasteiger partial charge in [-0.25, -0.2) is 0 Å². The molecule has 92 valence electrons. The molecule has 1 aliphatic heterocycles. The van der Waals surface area contributed by atoms with Crippen molar-refractivity contribution in [1.82, 2.24) is 10.6 Å². The van der Waals surface area contributed by atoms with Gasteiger partial charge in [0.1, 0.15) is 0 Å². The third-order valence-corrected chi connectivity index (χ3v) is 4.47. The second-order valence-electron chi connectivity index (χ2n) is 4.68. The average molecular weight is 241 g/mol. The minimum atomic E-state index is 0.796. The first kappa shape index (κ1) is 12.1. The molecule has 2 aliphatic rings. The zero-order chi connectivity index (χ0) is 11.2. The lowest BCUT2D eigenvalue weighted by Crippen LogP contribution is -2.40. The van der Waals surface area contributed by atoms with E-state index in [1.165, 1.54) is 31.4 Å². The molecule has 1 saturated heterocycles. The summed E-state index contributed by atoms with van der Waals surface area (Å²) in [5, 5.41) is 7.58. The van der Waals surface area contributed by atoms with Gasteiger partial charge >= 0.3 is 0 Å². The summed E-state index contributed by atoms with van der Waals surface area (Å²) < 4.78 is 0. The van der Waals surface area contributed by atoms with Crippen LogP contribution < -0.4 is 10.6 Å². The number of rotatable bonds is 5. The lowest BCUT2D eigenvalue weighted by atomic mass is 10.2. The molecule has 0 aromatic rings. The van der Waals surface area contributed by atoms with Crippen LogP contribution in [0.3, 0.4) is 0 Å². The second-order valence-corrected chi connectivity index (χ2v) is 6.09. The highest BCUT2D eigenvalue weighted by atomic mass is 32.2. The van der Waals surface area contributed by atoms with Gasteiger partial charge in [0.15, 0.2) is 5.96 Å². The number of hydrogen-bond acceptors (Lipinski definition) is 2. The van der Waals surface area contributed by atoms with Crippen molar-refractivity contribution < 1.29 is 0 Å². The SMILES string of the molecule is CCNC(=NCC1CC1)NCC1CCCS1. The van der Waals surface area contributed by atoms with Gasteiger partial charge < -0.3 is 10.6 Å². The van der Waals surface area contributed by atoms with Gasteiger partial charge in [-0.05, 0) is 44.3 Å². The molecule has 1 heterocycles. The minimum absolute atomic E-state index is 0.796. The van der Waals surface area contributed by atoms with Gasteiger partial charge in [0.2, 0.25) is 0 Å². The van der Waals surface area contributed by atoms with E-state index in [4.69, 9.17) is 0 Å². The van der Waals surface area contributed by atoms with Crippen LogP contribution in [0, 0.1) is 5.92 Å². The van der Waals surface area contributed by atoms with E-state index in [0.717, 1.165) is 36.8 Å². The Morgan fingerprint density at radius 2 is 2.19 bits per heavy atom. The molecular formula is C12H23N3S. The number of nitrogens with one attached hydrogen (secondary N) is 2. The van der Waals surface area contributed by atoms with Gasteiger partial charge in [0, 0.05) is 24.9 Å². The maximum absolute atomic E-state index is 4.62. The molecule has 16 heavy (non-hydrogen) atoms. The average Bonchev–Trinajstić information content (AvgIpc) is 2.97. The summed E-state index contributed by atoms with van der Waals surface area (Å²) in [5.41, 5.74) is 0. The van der Waals surface area contributed by atoms with E-state index in [-0.39, 0.29) is 0 Å². The zero-order valence-electron chi connectivity index (χ0n) is 10.2. The molecule has 2 rings (SSSR count). The number of hydrogen-bond donors (Lipinski definition) is 2. The fourth-order valence-corrected chi connectivity index (χ4v) is 3.08. The van der Waals surface area contributed by atoms with Gasteiger partial charge in [-0.15, -0.1) is 0 Å². The molecule has 4 heteroatoms. The van der Waals surface area contributed by atoms with E-state index in [1.807, 2.05) is 0 Å². The Hall–Kier alpha value is -0.380. The maximum Gasteiger partial charge on any atom is 0.191 e. The predicted octanol–water partition coefficient (Wildman–Crippen LogP) is 1.85. The van der Waals surface area contributed by atoms with Crippen molar-refractivity contribution in [2.75, 3.05) is 25.4 Å². The van der Waals surface area contributed by atoms with Gasteiger partial charge in [0.25, 0.3) is 0 Å². The van der Waals surface area contributed by atoms with Crippen molar-refractivity contribution in [1.29, 1.82) is 0 Å². The van der Waals surface area contributed by atoms with Gasteiger partial charge in [-0.1, -0.05) is 0 Å². The van der Waals surface area contributed by atoms with Gasteiger partial charge in [-0.2, -0.15) is 11.8 Å². The van der Waals surface area contributed by atoms with Gasteiger partial charge in [0.05, 0.1) is 0 Å². The summed E-state index contributed by atoms with van der Waals surface area (Å²) in [7, 11) is 0. The van der Waals surface area contributed by atoms with Crippen LogP contribution in [0.25, 0.3) is 0 Å². The summed E-state index contributed by atoms with van der Waals surface area (Å²) >= 11 is 2.09. The summed E-state index contributed by atoms with van der Waals surface area (Å²) in [5.74, 6) is 3.22. The summed E-state index contributed by atoms with van der Waals surface area (Å²) in [6.45, 7) is 5.15. The number of guanidine groups is 1. The van der Waals surface area contributed by atoms with E-state index >= 15 is 0 Å². The van der Waals surface area contributed by atoms with E-state index in [9.17, 15) is 0 Å². The molecule has 2 fully saturated rings. The quantitative estimate of drug-likeness (QED) is 0.570. The fourth-order valence-electron chi connectivity index (χ4n) is 1.88.